The fourth-order valence-electron chi connectivity index (χ4n) is 2.20. The third-order valence-corrected chi connectivity index (χ3v) is 4.74. The van der Waals surface area contributed by atoms with Crippen LogP contribution in [0, 0.1) is 5.92 Å². The van der Waals surface area contributed by atoms with Crippen molar-refractivity contribution in [3.05, 3.63) is 24.2 Å². The minimum Gasteiger partial charge on any atom is -0.469 e. The lowest BCUT2D eigenvalue weighted by Crippen LogP contribution is -2.36. The lowest BCUT2D eigenvalue weighted by Gasteiger charge is -2.22. The van der Waals surface area contributed by atoms with Gasteiger partial charge < -0.3 is 9.73 Å². The summed E-state index contributed by atoms with van der Waals surface area (Å²) in [6.07, 6.45) is 4.08. The standard InChI is InChI=1S/C12H20N2O3S/c15-18(16,10-11-3-6-13-7-4-11)14-8-5-12-2-1-9-17-12/h1-2,9,11,13-14H,3-8,10H2. The van der Waals surface area contributed by atoms with Gasteiger partial charge in [-0.1, -0.05) is 0 Å². The average molecular weight is 272 g/mol. The van der Waals surface area contributed by atoms with Crippen LogP contribution in [-0.4, -0.2) is 33.8 Å². The molecular weight excluding hydrogens is 252 g/mol. The molecule has 2 N–H and O–H groups in total. The Hall–Kier alpha value is -0.850. The zero-order valence-electron chi connectivity index (χ0n) is 10.4. The SMILES string of the molecule is O=S(=O)(CC1CCNCC1)NCCc1ccco1. The minimum atomic E-state index is -3.15. The molecule has 1 saturated heterocycles. The fourth-order valence-corrected chi connectivity index (χ4v) is 3.69. The lowest BCUT2D eigenvalue weighted by molar-refractivity contribution is 0.400. The van der Waals surface area contributed by atoms with Crippen molar-refractivity contribution in [2.45, 2.75) is 19.3 Å². The molecule has 1 fully saturated rings. The molecule has 0 spiro atoms. The summed E-state index contributed by atoms with van der Waals surface area (Å²) in [6.45, 7) is 2.25. The summed E-state index contributed by atoms with van der Waals surface area (Å²) in [6, 6.07) is 3.65. The summed E-state index contributed by atoms with van der Waals surface area (Å²) >= 11 is 0. The van der Waals surface area contributed by atoms with E-state index in [4.69, 9.17) is 4.42 Å². The molecule has 0 aromatic carbocycles. The number of piperidine rings is 1. The van der Waals surface area contributed by atoms with Crippen LogP contribution in [-0.2, 0) is 16.4 Å². The second kappa shape index (κ2) is 6.36. The van der Waals surface area contributed by atoms with E-state index < -0.39 is 10.0 Å². The quantitative estimate of drug-likeness (QED) is 0.801. The smallest absolute Gasteiger partial charge is 0.211 e. The van der Waals surface area contributed by atoms with Crippen molar-refractivity contribution >= 4 is 10.0 Å². The van der Waals surface area contributed by atoms with E-state index in [9.17, 15) is 8.42 Å². The van der Waals surface area contributed by atoms with E-state index in [1.807, 2.05) is 6.07 Å². The minimum absolute atomic E-state index is 0.243. The van der Waals surface area contributed by atoms with Crippen molar-refractivity contribution in [1.29, 1.82) is 0 Å². The van der Waals surface area contributed by atoms with Gasteiger partial charge in [-0.3, -0.25) is 0 Å². The highest BCUT2D eigenvalue weighted by Gasteiger charge is 2.20. The molecule has 0 bridgehead atoms. The Morgan fingerprint density at radius 2 is 2.17 bits per heavy atom. The Morgan fingerprint density at radius 3 is 2.83 bits per heavy atom. The maximum Gasteiger partial charge on any atom is 0.211 e. The Labute approximate surface area is 108 Å². The van der Waals surface area contributed by atoms with Crippen molar-refractivity contribution < 1.29 is 12.8 Å². The molecule has 6 heteroatoms. The van der Waals surface area contributed by atoms with Crippen LogP contribution < -0.4 is 10.0 Å². The predicted octanol–water partition coefficient (Wildman–Crippen LogP) is 0.741. The highest BCUT2D eigenvalue weighted by Crippen LogP contribution is 2.13. The van der Waals surface area contributed by atoms with Gasteiger partial charge in [-0.2, -0.15) is 0 Å². The van der Waals surface area contributed by atoms with Crippen molar-refractivity contribution in [2.75, 3.05) is 25.4 Å². The van der Waals surface area contributed by atoms with Crippen LogP contribution in [0.3, 0.4) is 0 Å². The topological polar surface area (TPSA) is 71.3 Å². The van der Waals surface area contributed by atoms with E-state index in [-0.39, 0.29) is 11.7 Å². The molecule has 0 unspecified atom stereocenters. The third-order valence-electron chi connectivity index (χ3n) is 3.19. The van der Waals surface area contributed by atoms with Gasteiger partial charge in [0.2, 0.25) is 10.0 Å². The Kier molecular flexibility index (Phi) is 4.79. The second-order valence-electron chi connectivity index (χ2n) is 4.70. The first-order valence-electron chi connectivity index (χ1n) is 6.36. The maximum atomic E-state index is 11.9. The first-order chi connectivity index (χ1) is 8.66. The van der Waals surface area contributed by atoms with Gasteiger partial charge in [0, 0.05) is 13.0 Å². The van der Waals surface area contributed by atoms with Crippen LogP contribution >= 0.6 is 0 Å². The normalized spacial score (nSPS) is 18.0. The molecule has 1 aliphatic heterocycles. The maximum absolute atomic E-state index is 11.9. The molecule has 0 amide bonds. The van der Waals surface area contributed by atoms with E-state index in [0.29, 0.717) is 13.0 Å². The molecule has 18 heavy (non-hydrogen) atoms. The molecule has 0 radical (unpaired) electrons. The Morgan fingerprint density at radius 1 is 1.39 bits per heavy atom. The molecule has 5 nitrogen and oxygen atoms in total. The number of hydrogen-bond acceptors (Lipinski definition) is 4. The molecule has 2 rings (SSSR count). The molecule has 2 heterocycles. The number of hydrogen-bond donors (Lipinski definition) is 2. The number of furan rings is 1. The zero-order chi connectivity index (χ0) is 12.8. The third kappa shape index (κ3) is 4.44. The molecule has 1 aliphatic rings. The number of sulfonamides is 1. The van der Waals surface area contributed by atoms with Crippen LogP contribution in [0.1, 0.15) is 18.6 Å². The van der Waals surface area contributed by atoms with Crippen molar-refractivity contribution in [2.24, 2.45) is 5.92 Å². The largest absolute Gasteiger partial charge is 0.469 e. The van der Waals surface area contributed by atoms with E-state index in [1.54, 1.807) is 12.3 Å². The van der Waals surface area contributed by atoms with Crippen LogP contribution in [0.5, 0.6) is 0 Å². The van der Waals surface area contributed by atoms with Crippen LogP contribution in [0.2, 0.25) is 0 Å². The molecule has 102 valence electrons. The summed E-state index contributed by atoms with van der Waals surface area (Å²) in [7, 11) is -3.15. The first kappa shape index (κ1) is 13.6. The van der Waals surface area contributed by atoms with E-state index in [2.05, 4.69) is 10.0 Å². The second-order valence-corrected chi connectivity index (χ2v) is 6.55. The van der Waals surface area contributed by atoms with Gasteiger partial charge in [0.15, 0.2) is 0 Å². The van der Waals surface area contributed by atoms with E-state index in [0.717, 1.165) is 31.7 Å². The van der Waals surface area contributed by atoms with Gasteiger partial charge in [0.1, 0.15) is 5.76 Å². The van der Waals surface area contributed by atoms with Crippen molar-refractivity contribution in [3.63, 3.8) is 0 Å². The summed E-state index contributed by atoms with van der Waals surface area (Å²) in [5.74, 6) is 1.33. The average Bonchev–Trinajstić information content (AvgIpc) is 2.82. The first-order valence-corrected chi connectivity index (χ1v) is 8.01. The van der Waals surface area contributed by atoms with Gasteiger partial charge in [-0.25, -0.2) is 13.1 Å². The summed E-state index contributed by atoms with van der Waals surface area (Å²) < 4.78 is 31.5. The van der Waals surface area contributed by atoms with Gasteiger partial charge in [0.05, 0.1) is 12.0 Å². The van der Waals surface area contributed by atoms with Crippen molar-refractivity contribution in [3.8, 4) is 0 Å². The molecule has 0 atom stereocenters. The Bertz CT molecular complexity index is 436. The highest BCUT2D eigenvalue weighted by molar-refractivity contribution is 7.89. The molecule has 0 saturated carbocycles. The molecule has 1 aromatic heterocycles. The number of nitrogens with one attached hydrogen (secondary N) is 2. The molecule has 1 aromatic rings. The van der Waals surface area contributed by atoms with Gasteiger partial charge >= 0.3 is 0 Å². The zero-order valence-corrected chi connectivity index (χ0v) is 11.2. The fraction of sp³-hybridized carbons (Fsp3) is 0.667. The van der Waals surface area contributed by atoms with Crippen LogP contribution in [0.4, 0.5) is 0 Å². The summed E-state index contributed by atoms with van der Waals surface area (Å²) in [5, 5.41) is 3.23. The van der Waals surface area contributed by atoms with Crippen LogP contribution in [0.25, 0.3) is 0 Å². The van der Waals surface area contributed by atoms with Gasteiger partial charge in [-0.05, 0) is 44.0 Å². The lowest BCUT2D eigenvalue weighted by atomic mass is 10.0. The number of rotatable bonds is 6. The van der Waals surface area contributed by atoms with E-state index in [1.165, 1.54) is 0 Å². The summed E-state index contributed by atoms with van der Waals surface area (Å²) in [4.78, 5) is 0. The monoisotopic (exact) mass is 272 g/mol. The van der Waals surface area contributed by atoms with E-state index >= 15 is 0 Å². The summed E-state index contributed by atoms with van der Waals surface area (Å²) in [5.41, 5.74) is 0. The van der Waals surface area contributed by atoms with Gasteiger partial charge in [-0.15, -0.1) is 0 Å². The van der Waals surface area contributed by atoms with Crippen molar-refractivity contribution in [1.82, 2.24) is 10.0 Å². The van der Waals surface area contributed by atoms with Crippen LogP contribution in [0.15, 0.2) is 22.8 Å². The molecule has 0 aliphatic carbocycles. The Balaban J connectivity index is 1.73. The predicted molar refractivity (Wildman–Crippen MR) is 69.8 cm³/mol. The molecular formula is C12H20N2O3S. The van der Waals surface area contributed by atoms with Gasteiger partial charge in [0.25, 0.3) is 0 Å². The highest BCUT2D eigenvalue weighted by atomic mass is 32.2.